The topological polar surface area (TPSA) is 118 Å². The van der Waals surface area contributed by atoms with Crippen LogP contribution in [0, 0.1) is 23.7 Å². The van der Waals surface area contributed by atoms with Crippen LogP contribution in [0.15, 0.2) is 9.32 Å². The zero-order valence-electron chi connectivity index (χ0n) is 23.2. The van der Waals surface area contributed by atoms with Gasteiger partial charge in [-0.05, 0) is 69.1 Å². The number of hydrogen-bond donors (Lipinski definition) is 2. The summed E-state index contributed by atoms with van der Waals surface area (Å²) in [6.45, 7) is 11.2. The lowest BCUT2D eigenvalue weighted by Gasteiger charge is -2.33. The van der Waals surface area contributed by atoms with E-state index < -0.39 is 5.76 Å². The highest BCUT2D eigenvalue weighted by Gasteiger charge is 2.34. The largest absolute Gasteiger partial charge is 0.439 e. The molecule has 3 fully saturated rings. The Hall–Kier alpha value is -2.91. The van der Waals surface area contributed by atoms with Gasteiger partial charge in [-0.3, -0.25) is 9.51 Å². The molecule has 0 bridgehead atoms. The van der Waals surface area contributed by atoms with Crippen molar-refractivity contribution in [1.82, 2.24) is 29.7 Å². The monoisotopic (exact) mass is 522 g/mol. The van der Waals surface area contributed by atoms with Gasteiger partial charge in [0.25, 0.3) is 0 Å². The zero-order chi connectivity index (χ0) is 26.4. The van der Waals surface area contributed by atoms with E-state index in [9.17, 15) is 4.79 Å². The molecule has 4 heterocycles. The van der Waals surface area contributed by atoms with E-state index in [-0.39, 0.29) is 11.9 Å². The molecular weight excluding hydrogens is 480 g/mol. The second-order valence-electron chi connectivity index (χ2n) is 12.4. The molecule has 2 saturated carbocycles. The standard InChI is InChI=1S/C28H42N8O2/c1-16(2)21-9-6-14-35(21)27-32-24-22(36(27)15-19-12-10-17(3)11-13-19)23(29-18(4)20-7-5-8-20)30-25(31-24)26-33-28(37)38-34-26/h16-21H,5-15H2,1-4H3,(H,29,30,31)(H,33,34,37). The van der Waals surface area contributed by atoms with Gasteiger partial charge in [0, 0.05) is 25.2 Å². The summed E-state index contributed by atoms with van der Waals surface area (Å²) in [5.74, 6) is 4.33. The number of nitrogens with one attached hydrogen (secondary N) is 2. The Bertz CT molecular complexity index is 1310. The zero-order valence-corrected chi connectivity index (χ0v) is 23.2. The summed E-state index contributed by atoms with van der Waals surface area (Å²) >= 11 is 0. The summed E-state index contributed by atoms with van der Waals surface area (Å²) in [4.78, 5) is 31.8. The maximum absolute atomic E-state index is 11.7. The Morgan fingerprint density at radius 2 is 1.82 bits per heavy atom. The molecule has 2 atom stereocenters. The predicted octanol–water partition coefficient (Wildman–Crippen LogP) is 5.22. The van der Waals surface area contributed by atoms with Crippen molar-refractivity contribution in [3.05, 3.63) is 10.6 Å². The molecule has 0 amide bonds. The van der Waals surface area contributed by atoms with Gasteiger partial charge in [0.1, 0.15) is 5.52 Å². The Kier molecular flexibility index (Phi) is 6.90. The molecule has 3 aromatic rings. The van der Waals surface area contributed by atoms with Crippen molar-refractivity contribution >= 4 is 22.9 Å². The van der Waals surface area contributed by atoms with Crippen molar-refractivity contribution in [1.29, 1.82) is 0 Å². The summed E-state index contributed by atoms with van der Waals surface area (Å²) in [6.07, 6.45) is 11.2. The lowest BCUT2D eigenvalue weighted by molar-refractivity contribution is 0.266. The van der Waals surface area contributed by atoms with Gasteiger partial charge in [0.05, 0.1) is 0 Å². The molecule has 6 rings (SSSR count). The molecule has 1 aliphatic heterocycles. The van der Waals surface area contributed by atoms with Gasteiger partial charge in [0.2, 0.25) is 17.6 Å². The highest BCUT2D eigenvalue weighted by atomic mass is 16.5. The summed E-state index contributed by atoms with van der Waals surface area (Å²) in [7, 11) is 0. The Balaban J connectivity index is 1.49. The van der Waals surface area contributed by atoms with Gasteiger partial charge in [0.15, 0.2) is 11.5 Å². The number of imidazole rings is 1. The third-order valence-corrected chi connectivity index (χ3v) is 9.36. The first-order valence-electron chi connectivity index (χ1n) is 14.7. The molecule has 0 aromatic carbocycles. The minimum Gasteiger partial charge on any atom is -0.365 e. The van der Waals surface area contributed by atoms with Crippen LogP contribution in [-0.4, -0.2) is 48.3 Å². The summed E-state index contributed by atoms with van der Waals surface area (Å²) in [5, 5.41) is 7.62. The molecule has 2 N–H and O–H groups in total. The molecule has 206 valence electrons. The van der Waals surface area contributed by atoms with Crippen molar-refractivity contribution in [3.8, 4) is 11.6 Å². The third-order valence-electron chi connectivity index (χ3n) is 9.36. The first-order valence-corrected chi connectivity index (χ1v) is 14.7. The van der Waals surface area contributed by atoms with Gasteiger partial charge >= 0.3 is 5.76 Å². The average Bonchev–Trinajstić information content (AvgIpc) is 3.58. The number of aromatic nitrogens is 6. The number of hydrogen-bond acceptors (Lipinski definition) is 8. The van der Waals surface area contributed by atoms with Crippen LogP contribution in [0.4, 0.5) is 11.8 Å². The number of H-pyrrole nitrogens is 1. The van der Waals surface area contributed by atoms with Crippen LogP contribution in [0.5, 0.6) is 0 Å². The Morgan fingerprint density at radius 1 is 1.03 bits per heavy atom. The third kappa shape index (κ3) is 4.82. The first kappa shape index (κ1) is 25.4. The fraction of sp³-hybridized carbons (Fsp3) is 0.750. The van der Waals surface area contributed by atoms with Gasteiger partial charge in [-0.1, -0.05) is 45.2 Å². The quantitative estimate of drug-likeness (QED) is 0.413. The molecule has 0 radical (unpaired) electrons. The maximum atomic E-state index is 11.7. The van der Waals surface area contributed by atoms with E-state index in [2.05, 4.69) is 52.6 Å². The van der Waals surface area contributed by atoms with Crippen molar-refractivity contribution < 1.29 is 4.52 Å². The van der Waals surface area contributed by atoms with E-state index in [1.54, 1.807) is 0 Å². The van der Waals surface area contributed by atoms with E-state index in [0.29, 0.717) is 35.3 Å². The van der Waals surface area contributed by atoms with Crippen LogP contribution >= 0.6 is 0 Å². The van der Waals surface area contributed by atoms with Crippen LogP contribution in [0.3, 0.4) is 0 Å². The van der Waals surface area contributed by atoms with E-state index in [4.69, 9.17) is 19.5 Å². The minimum absolute atomic E-state index is 0.231. The SMILES string of the molecule is CC1CCC(Cn2c(N3CCCC3C(C)C)nc3nc(-c4noc(=O)[nH]4)nc(NC(C)C4CCC4)c32)CC1. The van der Waals surface area contributed by atoms with Crippen LogP contribution in [0.25, 0.3) is 22.8 Å². The highest BCUT2D eigenvalue weighted by molar-refractivity contribution is 5.87. The van der Waals surface area contributed by atoms with E-state index in [0.717, 1.165) is 36.3 Å². The Morgan fingerprint density at radius 3 is 2.47 bits per heavy atom. The smallest absolute Gasteiger partial charge is 0.365 e. The predicted molar refractivity (Wildman–Crippen MR) is 148 cm³/mol. The molecule has 0 spiro atoms. The van der Waals surface area contributed by atoms with Gasteiger partial charge in [-0.15, -0.1) is 0 Å². The van der Waals surface area contributed by atoms with Crippen molar-refractivity contribution in [2.24, 2.45) is 23.7 Å². The Labute approximate surface area is 224 Å². The van der Waals surface area contributed by atoms with Gasteiger partial charge < -0.3 is 14.8 Å². The first-order chi connectivity index (χ1) is 18.4. The van der Waals surface area contributed by atoms with E-state index >= 15 is 0 Å². The molecule has 1 saturated heterocycles. The number of anilines is 2. The highest BCUT2D eigenvalue weighted by Crippen LogP contribution is 2.38. The average molecular weight is 523 g/mol. The molecule has 3 aromatic heterocycles. The van der Waals surface area contributed by atoms with E-state index in [1.165, 1.54) is 57.8 Å². The lowest BCUT2D eigenvalue weighted by Crippen LogP contribution is -2.36. The van der Waals surface area contributed by atoms with Crippen LogP contribution in [-0.2, 0) is 6.54 Å². The number of aromatic amines is 1. The maximum Gasteiger partial charge on any atom is 0.439 e. The van der Waals surface area contributed by atoms with E-state index in [1.807, 2.05) is 0 Å². The molecular formula is C28H42N8O2. The number of nitrogens with zero attached hydrogens (tertiary/aromatic N) is 6. The molecule has 2 unspecified atom stereocenters. The summed E-state index contributed by atoms with van der Waals surface area (Å²) < 4.78 is 7.20. The number of fused-ring (bicyclic) bond motifs is 1. The number of rotatable bonds is 8. The fourth-order valence-electron chi connectivity index (χ4n) is 6.73. The van der Waals surface area contributed by atoms with Crippen molar-refractivity contribution in [2.45, 2.75) is 104 Å². The molecule has 2 aliphatic carbocycles. The van der Waals surface area contributed by atoms with Crippen molar-refractivity contribution in [2.75, 3.05) is 16.8 Å². The normalized spacial score (nSPS) is 25.3. The van der Waals surface area contributed by atoms with Gasteiger partial charge in [-0.25, -0.2) is 14.8 Å². The minimum atomic E-state index is -0.615. The molecule has 10 nitrogen and oxygen atoms in total. The molecule has 38 heavy (non-hydrogen) atoms. The lowest BCUT2D eigenvalue weighted by atomic mass is 9.80. The molecule has 10 heteroatoms. The second-order valence-corrected chi connectivity index (χ2v) is 12.4. The second kappa shape index (κ2) is 10.3. The van der Waals surface area contributed by atoms with Gasteiger partial charge in [-0.2, -0.15) is 4.98 Å². The molecule has 3 aliphatic rings. The summed E-state index contributed by atoms with van der Waals surface area (Å²) in [5.41, 5.74) is 1.62. The van der Waals surface area contributed by atoms with Crippen LogP contribution in [0.2, 0.25) is 0 Å². The van der Waals surface area contributed by atoms with Crippen LogP contribution in [0.1, 0.15) is 85.5 Å². The van der Waals surface area contributed by atoms with Crippen LogP contribution < -0.4 is 16.0 Å². The summed E-state index contributed by atoms with van der Waals surface area (Å²) in [6, 6.07) is 0.741. The van der Waals surface area contributed by atoms with Crippen molar-refractivity contribution in [3.63, 3.8) is 0 Å². The fourth-order valence-corrected chi connectivity index (χ4v) is 6.73.